The molecule has 7 nitrogen and oxygen atoms in total. The Kier molecular flexibility index (Phi) is 3.15. The molecule has 0 unspecified atom stereocenters. The molecule has 0 aliphatic carbocycles. The number of hydrogen-bond acceptors (Lipinski definition) is 5. The minimum absolute atomic E-state index is 0.0368. The molecule has 5 heterocycles. The third kappa shape index (κ3) is 2.03. The van der Waals surface area contributed by atoms with E-state index in [1.54, 1.807) is 33.9 Å². The van der Waals surface area contributed by atoms with Crippen LogP contribution in [-0.4, -0.2) is 50.3 Å². The molecule has 2 atom stereocenters. The lowest BCUT2D eigenvalue weighted by Crippen LogP contribution is -2.67. The van der Waals surface area contributed by atoms with Crippen LogP contribution in [0.4, 0.5) is 10.2 Å². The molecular weight excluding hydrogens is 361 g/mol. The molecular formula is C20H18FN5O2. The molecule has 0 bridgehead atoms. The van der Waals surface area contributed by atoms with E-state index in [4.69, 9.17) is 4.74 Å². The van der Waals surface area contributed by atoms with Crippen molar-refractivity contribution in [3.8, 4) is 0 Å². The van der Waals surface area contributed by atoms with Gasteiger partial charge in [0.1, 0.15) is 17.9 Å². The van der Waals surface area contributed by atoms with Gasteiger partial charge in [0.2, 0.25) is 0 Å². The minimum Gasteiger partial charge on any atom is -0.349 e. The summed E-state index contributed by atoms with van der Waals surface area (Å²) in [6.07, 6.45) is 4.61. The van der Waals surface area contributed by atoms with Crippen LogP contribution in [0.3, 0.4) is 0 Å². The number of nitrogens with zero attached hydrogens (tertiary/aromatic N) is 5. The van der Waals surface area contributed by atoms with Crippen molar-refractivity contribution in [2.75, 3.05) is 18.0 Å². The lowest BCUT2D eigenvalue weighted by atomic mass is 9.92. The van der Waals surface area contributed by atoms with Crippen molar-refractivity contribution in [2.45, 2.75) is 30.7 Å². The second-order valence-corrected chi connectivity index (χ2v) is 7.65. The first kappa shape index (κ1) is 16.0. The molecule has 3 saturated heterocycles. The van der Waals surface area contributed by atoms with Crippen LogP contribution < -0.4 is 4.90 Å². The molecule has 3 aromatic rings. The quantitative estimate of drug-likeness (QED) is 0.683. The van der Waals surface area contributed by atoms with Gasteiger partial charge in [0, 0.05) is 17.8 Å². The number of carbonyl (C=O) groups is 1. The van der Waals surface area contributed by atoms with Crippen molar-refractivity contribution in [2.24, 2.45) is 0 Å². The number of ether oxygens (including phenoxy) is 1. The Hall–Kier alpha value is -3.00. The second kappa shape index (κ2) is 5.51. The summed E-state index contributed by atoms with van der Waals surface area (Å²) in [7, 11) is 0. The Bertz CT molecular complexity index is 1090. The first-order chi connectivity index (χ1) is 13.7. The molecule has 3 fully saturated rings. The van der Waals surface area contributed by atoms with E-state index in [0.29, 0.717) is 18.7 Å². The molecule has 8 heteroatoms. The summed E-state index contributed by atoms with van der Waals surface area (Å²) in [4.78, 5) is 21.4. The van der Waals surface area contributed by atoms with Crippen LogP contribution in [0.15, 0.2) is 48.8 Å². The van der Waals surface area contributed by atoms with Gasteiger partial charge in [0.05, 0.1) is 25.3 Å². The van der Waals surface area contributed by atoms with Crippen molar-refractivity contribution < 1.29 is 13.9 Å². The molecule has 0 radical (unpaired) electrons. The maximum absolute atomic E-state index is 14.3. The summed E-state index contributed by atoms with van der Waals surface area (Å²) in [6, 6.07) is 10.2. The van der Waals surface area contributed by atoms with Gasteiger partial charge in [-0.3, -0.25) is 4.79 Å². The lowest BCUT2D eigenvalue weighted by molar-refractivity contribution is -0.140. The van der Waals surface area contributed by atoms with Crippen molar-refractivity contribution in [3.63, 3.8) is 0 Å². The monoisotopic (exact) mass is 379 g/mol. The fourth-order valence-electron chi connectivity index (χ4n) is 4.77. The van der Waals surface area contributed by atoms with Crippen molar-refractivity contribution >= 4 is 17.4 Å². The first-order valence-electron chi connectivity index (χ1n) is 9.45. The number of carbonyl (C=O) groups excluding carboxylic acids is 1. The van der Waals surface area contributed by atoms with Crippen LogP contribution in [0.25, 0.3) is 5.65 Å². The SMILES string of the molecule is O=C1N2[C@@H](CC[C@H]2c2ccccc2F)OC12CN(c1ccnc3ccnn13)C2. The van der Waals surface area contributed by atoms with E-state index in [2.05, 4.69) is 15.0 Å². The maximum atomic E-state index is 14.3. The second-order valence-electron chi connectivity index (χ2n) is 7.65. The molecule has 142 valence electrons. The minimum atomic E-state index is -0.850. The summed E-state index contributed by atoms with van der Waals surface area (Å²) in [5.74, 6) is 0.579. The predicted molar refractivity (Wildman–Crippen MR) is 98.0 cm³/mol. The molecule has 3 aliphatic rings. The number of fused-ring (bicyclic) bond motifs is 2. The van der Waals surface area contributed by atoms with Gasteiger partial charge in [-0.05, 0) is 25.0 Å². The smallest absolute Gasteiger partial charge is 0.261 e. The zero-order valence-corrected chi connectivity index (χ0v) is 15.0. The largest absolute Gasteiger partial charge is 0.349 e. The number of anilines is 1. The Labute approximate surface area is 160 Å². The third-order valence-corrected chi connectivity index (χ3v) is 6.07. The zero-order chi connectivity index (χ0) is 18.9. The van der Waals surface area contributed by atoms with E-state index in [0.717, 1.165) is 24.3 Å². The van der Waals surface area contributed by atoms with Gasteiger partial charge >= 0.3 is 0 Å². The predicted octanol–water partition coefficient (Wildman–Crippen LogP) is 2.15. The van der Waals surface area contributed by atoms with Gasteiger partial charge in [0.25, 0.3) is 5.91 Å². The number of benzene rings is 1. The number of aromatic nitrogens is 3. The summed E-state index contributed by atoms with van der Waals surface area (Å²) in [5, 5.41) is 4.31. The van der Waals surface area contributed by atoms with Gasteiger partial charge in [-0.1, -0.05) is 18.2 Å². The lowest BCUT2D eigenvalue weighted by Gasteiger charge is -2.46. The highest BCUT2D eigenvalue weighted by atomic mass is 19.1. The molecule has 1 aromatic carbocycles. The molecule has 28 heavy (non-hydrogen) atoms. The average Bonchev–Trinajstić information content (AvgIpc) is 3.36. The van der Waals surface area contributed by atoms with Gasteiger partial charge in [-0.25, -0.2) is 9.37 Å². The van der Waals surface area contributed by atoms with E-state index >= 15 is 0 Å². The van der Waals surface area contributed by atoms with Crippen molar-refractivity contribution in [1.29, 1.82) is 0 Å². The Morgan fingerprint density at radius 1 is 1.11 bits per heavy atom. The molecule has 0 N–H and O–H groups in total. The molecule has 6 rings (SSSR count). The van der Waals surface area contributed by atoms with Gasteiger partial charge in [-0.2, -0.15) is 9.61 Å². The fourth-order valence-corrected chi connectivity index (χ4v) is 4.77. The average molecular weight is 379 g/mol. The molecule has 2 aromatic heterocycles. The van der Waals surface area contributed by atoms with Crippen molar-refractivity contribution in [3.05, 3.63) is 60.2 Å². The van der Waals surface area contributed by atoms with Gasteiger partial charge in [-0.15, -0.1) is 0 Å². The highest BCUT2D eigenvalue weighted by Gasteiger charge is 2.63. The summed E-state index contributed by atoms with van der Waals surface area (Å²) >= 11 is 0. The molecule has 1 spiro atoms. The summed E-state index contributed by atoms with van der Waals surface area (Å²) in [5.41, 5.74) is 0.483. The highest BCUT2D eigenvalue weighted by Crippen LogP contribution is 2.48. The van der Waals surface area contributed by atoms with E-state index in [1.807, 2.05) is 18.2 Å². The normalized spacial score (nSPS) is 25.5. The van der Waals surface area contributed by atoms with Crippen LogP contribution in [0, 0.1) is 5.82 Å². The van der Waals surface area contributed by atoms with E-state index < -0.39 is 5.60 Å². The number of rotatable bonds is 2. The van der Waals surface area contributed by atoms with Crippen LogP contribution >= 0.6 is 0 Å². The van der Waals surface area contributed by atoms with Crippen LogP contribution in [0.5, 0.6) is 0 Å². The van der Waals surface area contributed by atoms with Crippen LogP contribution in [-0.2, 0) is 9.53 Å². The van der Waals surface area contributed by atoms with Crippen LogP contribution in [0.2, 0.25) is 0 Å². The standard InChI is InChI=1S/C20H18FN5O2/c21-14-4-2-1-3-13(14)15-5-6-18-25(15)19(27)20(28-18)11-24(12-20)17-8-9-22-16-7-10-23-26(16)17/h1-4,7-10,15,18H,5-6,11-12H2/t15-,18+/m0/s1. The summed E-state index contributed by atoms with van der Waals surface area (Å²) in [6.45, 7) is 0.920. The van der Waals surface area contributed by atoms with Crippen molar-refractivity contribution in [1.82, 2.24) is 19.5 Å². The number of halogens is 1. The first-order valence-corrected chi connectivity index (χ1v) is 9.45. The zero-order valence-electron chi connectivity index (χ0n) is 15.0. The maximum Gasteiger partial charge on any atom is 0.261 e. The van der Waals surface area contributed by atoms with Gasteiger partial charge in [0.15, 0.2) is 11.2 Å². The fraction of sp³-hybridized carbons (Fsp3) is 0.350. The molecule has 0 saturated carbocycles. The highest BCUT2D eigenvalue weighted by molar-refractivity contribution is 5.91. The molecule has 1 amide bonds. The topological polar surface area (TPSA) is 63.0 Å². The van der Waals surface area contributed by atoms with Gasteiger partial charge < -0.3 is 14.5 Å². The molecule has 3 aliphatic heterocycles. The number of amides is 1. The Morgan fingerprint density at radius 3 is 2.82 bits per heavy atom. The van der Waals surface area contributed by atoms with E-state index in [-0.39, 0.29) is 24.0 Å². The Morgan fingerprint density at radius 2 is 1.96 bits per heavy atom. The Balaban J connectivity index is 1.27. The summed E-state index contributed by atoms with van der Waals surface area (Å²) < 4.78 is 22.3. The van der Waals surface area contributed by atoms with E-state index in [1.165, 1.54) is 6.07 Å². The van der Waals surface area contributed by atoms with E-state index in [9.17, 15) is 9.18 Å². The number of hydrogen-bond donors (Lipinski definition) is 0. The third-order valence-electron chi connectivity index (χ3n) is 6.07. The van der Waals surface area contributed by atoms with Crippen LogP contribution in [0.1, 0.15) is 24.4 Å².